The number of rotatable bonds is 7. The van der Waals surface area contributed by atoms with Crippen molar-refractivity contribution in [2.24, 2.45) is 0 Å². The fourth-order valence-corrected chi connectivity index (χ4v) is 1.98. The number of hydrogen-bond donors (Lipinski definition) is 1. The summed E-state index contributed by atoms with van der Waals surface area (Å²) in [7, 11) is 1.42. The van der Waals surface area contributed by atoms with Gasteiger partial charge in [-0.15, -0.1) is 0 Å². The molecule has 0 bridgehead atoms. The minimum absolute atomic E-state index is 0.0273. The molecule has 0 unspecified atom stereocenters. The largest absolute Gasteiger partial charge is 0.496 e. The second-order valence-corrected chi connectivity index (χ2v) is 4.62. The lowest BCUT2D eigenvalue weighted by Gasteiger charge is -2.09. The van der Waals surface area contributed by atoms with Gasteiger partial charge in [0.15, 0.2) is 0 Å². The number of hydrogen-bond acceptors (Lipinski definition) is 2. The van der Waals surface area contributed by atoms with Crippen LogP contribution in [0.4, 0.5) is 4.39 Å². The number of alkyl halides is 1. The van der Waals surface area contributed by atoms with Crippen LogP contribution in [0.1, 0.15) is 29.6 Å². The Morgan fingerprint density at radius 3 is 2.83 bits per heavy atom. The predicted molar refractivity (Wildman–Crippen MR) is 72.9 cm³/mol. The third-order valence-corrected chi connectivity index (χ3v) is 3.08. The molecule has 1 rings (SSSR count). The number of methoxy groups -OCH3 is 1. The summed E-state index contributed by atoms with van der Waals surface area (Å²) in [4.78, 5) is 11.8. The molecule has 0 aromatic heterocycles. The number of amides is 1. The van der Waals surface area contributed by atoms with E-state index < -0.39 is 11.7 Å². The molecular formula is C13H17BrFNO2. The smallest absolute Gasteiger partial charge is 0.258 e. The van der Waals surface area contributed by atoms with E-state index in [0.29, 0.717) is 6.54 Å². The molecular weight excluding hydrogens is 301 g/mol. The van der Waals surface area contributed by atoms with E-state index >= 15 is 0 Å². The highest BCUT2D eigenvalue weighted by Gasteiger charge is 2.16. The van der Waals surface area contributed by atoms with Crippen LogP contribution in [-0.2, 0) is 0 Å². The van der Waals surface area contributed by atoms with E-state index in [4.69, 9.17) is 4.74 Å². The average Bonchev–Trinajstić information content (AvgIpc) is 2.37. The van der Waals surface area contributed by atoms with Crippen molar-refractivity contribution in [3.63, 3.8) is 0 Å². The van der Waals surface area contributed by atoms with Crippen LogP contribution in [0, 0.1) is 5.82 Å². The lowest BCUT2D eigenvalue weighted by Crippen LogP contribution is -2.26. The third-order valence-electron chi connectivity index (χ3n) is 2.52. The van der Waals surface area contributed by atoms with Crippen molar-refractivity contribution in [1.29, 1.82) is 0 Å². The Bertz CT molecular complexity index is 399. The quantitative estimate of drug-likeness (QED) is 0.620. The zero-order chi connectivity index (χ0) is 13.4. The van der Waals surface area contributed by atoms with Gasteiger partial charge in [0.25, 0.3) is 5.91 Å². The summed E-state index contributed by atoms with van der Waals surface area (Å²) in [6, 6.07) is 4.34. The summed E-state index contributed by atoms with van der Waals surface area (Å²) in [5, 5.41) is 3.66. The molecule has 0 spiro atoms. The standard InChI is InChI=1S/C13H17BrFNO2/c1-18-11-7-5-6-10(15)12(11)13(17)16-9-4-2-3-8-14/h5-7H,2-4,8-9H2,1H3,(H,16,17). The molecule has 18 heavy (non-hydrogen) atoms. The molecule has 1 amide bonds. The third kappa shape index (κ3) is 4.29. The number of carbonyl (C=O) groups excluding carboxylic acids is 1. The van der Waals surface area contributed by atoms with Crippen LogP contribution in [-0.4, -0.2) is 24.9 Å². The van der Waals surface area contributed by atoms with Crippen LogP contribution >= 0.6 is 15.9 Å². The Labute approximate surface area is 115 Å². The van der Waals surface area contributed by atoms with Gasteiger partial charge in [-0.2, -0.15) is 0 Å². The molecule has 3 nitrogen and oxygen atoms in total. The fraction of sp³-hybridized carbons (Fsp3) is 0.462. The molecule has 0 fully saturated rings. The summed E-state index contributed by atoms with van der Waals surface area (Å²) < 4.78 is 18.6. The number of nitrogens with one attached hydrogen (secondary N) is 1. The zero-order valence-corrected chi connectivity index (χ0v) is 11.9. The summed E-state index contributed by atoms with van der Waals surface area (Å²) in [5.41, 5.74) is -0.0273. The van der Waals surface area contributed by atoms with Crippen molar-refractivity contribution < 1.29 is 13.9 Å². The molecule has 0 aliphatic carbocycles. The molecule has 0 heterocycles. The normalized spacial score (nSPS) is 10.2. The second kappa shape index (κ2) is 8.08. The van der Waals surface area contributed by atoms with Crippen LogP contribution in [0.3, 0.4) is 0 Å². The highest BCUT2D eigenvalue weighted by atomic mass is 79.9. The number of carbonyl (C=O) groups is 1. The molecule has 0 aliphatic heterocycles. The maximum Gasteiger partial charge on any atom is 0.258 e. The van der Waals surface area contributed by atoms with Crippen LogP contribution in [0.2, 0.25) is 0 Å². The molecule has 0 saturated carbocycles. The van der Waals surface area contributed by atoms with Gasteiger partial charge in [-0.25, -0.2) is 4.39 Å². The Balaban J connectivity index is 2.56. The zero-order valence-electron chi connectivity index (χ0n) is 10.3. The lowest BCUT2D eigenvalue weighted by molar-refractivity contribution is 0.0945. The van der Waals surface area contributed by atoms with Gasteiger partial charge in [-0.05, 0) is 25.0 Å². The average molecular weight is 318 g/mol. The van der Waals surface area contributed by atoms with Crippen molar-refractivity contribution in [3.05, 3.63) is 29.6 Å². The van der Waals surface area contributed by atoms with Gasteiger partial charge in [0.05, 0.1) is 7.11 Å². The number of unbranched alkanes of at least 4 members (excludes halogenated alkanes) is 2. The Hall–Kier alpha value is -1.10. The maximum absolute atomic E-state index is 13.6. The van der Waals surface area contributed by atoms with Crippen LogP contribution in [0.25, 0.3) is 0 Å². The molecule has 0 saturated heterocycles. The first-order chi connectivity index (χ1) is 8.70. The van der Waals surface area contributed by atoms with Crippen LogP contribution in [0.15, 0.2) is 18.2 Å². The maximum atomic E-state index is 13.6. The van der Waals surface area contributed by atoms with E-state index in [9.17, 15) is 9.18 Å². The monoisotopic (exact) mass is 317 g/mol. The number of benzene rings is 1. The van der Waals surface area contributed by atoms with Gasteiger partial charge in [0.2, 0.25) is 0 Å². The predicted octanol–water partition coefficient (Wildman–Crippen LogP) is 3.13. The SMILES string of the molecule is COc1cccc(F)c1C(=O)NCCCCCBr. The van der Waals surface area contributed by atoms with E-state index in [-0.39, 0.29) is 11.3 Å². The van der Waals surface area contributed by atoms with E-state index in [1.54, 1.807) is 6.07 Å². The number of ether oxygens (including phenoxy) is 1. The van der Waals surface area contributed by atoms with E-state index in [2.05, 4.69) is 21.2 Å². The van der Waals surface area contributed by atoms with Crippen molar-refractivity contribution >= 4 is 21.8 Å². The van der Waals surface area contributed by atoms with Gasteiger partial charge in [-0.3, -0.25) is 4.79 Å². The summed E-state index contributed by atoms with van der Waals surface area (Å²) in [6.45, 7) is 0.545. The van der Waals surface area contributed by atoms with Gasteiger partial charge >= 0.3 is 0 Å². The minimum Gasteiger partial charge on any atom is -0.496 e. The van der Waals surface area contributed by atoms with E-state index in [1.165, 1.54) is 19.2 Å². The van der Waals surface area contributed by atoms with Crippen molar-refractivity contribution in [1.82, 2.24) is 5.32 Å². The topological polar surface area (TPSA) is 38.3 Å². The summed E-state index contributed by atoms with van der Waals surface area (Å²) in [6.07, 6.45) is 2.98. The second-order valence-electron chi connectivity index (χ2n) is 3.82. The first-order valence-electron chi connectivity index (χ1n) is 5.87. The van der Waals surface area contributed by atoms with Crippen molar-refractivity contribution in [3.8, 4) is 5.75 Å². The van der Waals surface area contributed by atoms with Gasteiger partial charge in [0, 0.05) is 11.9 Å². The van der Waals surface area contributed by atoms with Gasteiger partial charge < -0.3 is 10.1 Å². The highest BCUT2D eigenvalue weighted by molar-refractivity contribution is 9.09. The van der Waals surface area contributed by atoms with Gasteiger partial charge in [0.1, 0.15) is 17.1 Å². The molecule has 5 heteroatoms. The molecule has 0 aliphatic rings. The molecule has 1 aromatic rings. The van der Waals surface area contributed by atoms with Crippen LogP contribution in [0.5, 0.6) is 5.75 Å². The molecule has 1 N–H and O–H groups in total. The molecule has 1 aromatic carbocycles. The van der Waals surface area contributed by atoms with E-state index in [0.717, 1.165) is 24.6 Å². The highest BCUT2D eigenvalue weighted by Crippen LogP contribution is 2.20. The van der Waals surface area contributed by atoms with Crippen molar-refractivity contribution in [2.75, 3.05) is 19.0 Å². The fourth-order valence-electron chi connectivity index (χ4n) is 1.58. The molecule has 0 atom stereocenters. The Morgan fingerprint density at radius 1 is 1.39 bits per heavy atom. The van der Waals surface area contributed by atoms with Gasteiger partial charge in [-0.1, -0.05) is 28.4 Å². The summed E-state index contributed by atoms with van der Waals surface area (Å²) in [5.74, 6) is -0.732. The lowest BCUT2D eigenvalue weighted by atomic mass is 10.1. The molecule has 0 radical (unpaired) electrons. The minimum atomic E-state index is -0.563. The summed E-state index contributed by atoms with van der Waals surface area (Å²) >= 11 is 3.34. The first-order valence-corrected chi connectivity index (χ1v) is 6.99. The van der Waals surface area contributed by atoms with Crippen molar-refractivity contribution in [2.45, 2.75) is 19.3 Å². The van der Waals surface area contributed by atoms with E-state index in [1.807, 2.05) is 0 Å². The van der Waals surface area contributed by atoms with Crippen LogP contribution < -0.4 is 10.1 Å². The molecule has 100 valence electrons. The Morgan fingerprint density at radius 2 is 2.17 bits per heavy atom. The first kappa shape index (κ1) is 15.0. The Kier molecular flexibility index (Phi) is 6.72. The number of halogens is 2.